The van der Waals surface area contributed by atoms with Gasteiger partial charge in [0.2, 0.25) is 5.91 Å². The van der Waals surface area contributed by atoms with Crippen molar-refractivity contribution in [2.75, 3.05) is 26.2 Å². The number of amides is 1. The summed E-state index contributed by atoms with van der Waals surface area (Å²) in [6.07, 6.45) is 2.30. The molecule has 4 atom stereocenters. The first kappa shape index (κ1) is 19.2. The van der Waals surface area contributed by atoms with Crippen LogP contribution < -0.4 is 5.73 Å². The van der Waals surface area contributed by atoms with E-state index in [9.17, 15) is 4.79 Å². The van der Waals surface area contributed by atoms with Crippen molar-refractivity contribution in [1.82, 2.24) is 9.80 Å². The second-order valence-electron chi connectivity index (χ2n) is 6.94. The van der Waals surface area contributed by atoms with E-state index in [1.165, 1.54) is 6.42 Å². The topological polar surface area (TPSA) is 49.6 Å². The summed E-state index contributed by atoms with van der Waals surface area (Å²) in [6.45, 7) is 7.74. The van der Waals surface area contributed by atoms with Gasteiger partial charge < -0.3 is 10.6 Å². The lowest BCUT2D eigenvalue weighted by atomic mass is 9.98. The molecule has 2 aliphatic rings. The number of hydrogen-bond donors (Lipinski definition) is 1. The molecule has 1 saturated heterocycles. The number of rotatable bonds is 5. The van der Waals surface area contributed by atoms with Gasteiger partial charge in [0, 0.05) is 19.1 Å². The normalized spacial score (nSPS) is 27.0. The molecule has 24 heavy (non-hydrogen) atoms. The number of carbonyl (C=O) groups is 1. The number of likely N-dealkylation sites (N-methyl/N-ethyl adjacent to an activating group) is 1. The highest BCUT2D eigenvalue weighted by Gasteiger charge is 2.44. The molecule has 2 N–H and O–H groups in total. The van der Waals surface area contributed by atoms with Gasteiger partial charge in [-0.25, -0.2) is 0 Å². The van der Waals surface area contributed by atoms with Crippen molar-refractivity contribution in [2.45, 2.75) is 38.8 Å². The van der Waals surface area contributed by atoms with Crippen LogP contribution >= 0.6 is 12.4 Å². The maximum Gasteiger partial charge on any atom is 0.244 e. The summed E-state index contributed by atoms with van der Waals surface area (Å²) in [6, 6.07) is 10.3. The summed E-state index contributed by atoms with van der Waals surface area (Å²) in [5.41, 5.74) is 7.33. The molecule has 1 aromatic carbocycles. The smallest absolute Gasteiger partial charge is 0.244 e. The first-order valence-corrected chi connectivity index (χ1v) is 8.99. The molecular formula is C19H30ClN3O. The van der Waals surface area contributed by atoms with Crippen molar-refractivity contribution in [3.05, 3.63) is 35.9 Å². The van der Waals surface area contributed by atoms with Crippen LogP contribution in [0.1, 0.15) is 38.3 Å². The lowest BCUT2D eigenvalue weighted by Crippen LogP contribution is -2.43. The Kier molecular flexibility index (Phi) is 6.67. The van der Waals surface area contributed by atoms with Crippen molar-refractivity contribution >= 4 is 18.3 Å². The molecular weight excluding hydrogens is 322 g/mol. The standard InChI is InChI=1S/C19H29N3O.ClH/c1-3-21(4-2)18(14-8-6-5-7-9-14)19(23)22-12-15-10-11-17(20)16(15)13-22;/h5-9,15-18H,3-4,10-13,20H2,1-2H3;1H. The summed E-state index contributed by atoms with van der Waals surface area (Å²) in [4.78, 5) is 17.6. The number of fused-ring (bicyclic) bond motifs is 1. The van der Waals surface area contributed by atoms with E-state index < -0.39 is 0 Å². The van der Waals surface area contributed by atoms with E-state index >= 15 is 0 Å². The Morgan fingerprint density at radius 1 is 1.21 bits per heavy atom. The Balaban J connectivity index is 0.00000208. The van der Waals surface area contributed by atoms with Crippen molar-refractivity contribution in [1.29, 1.82) is 0 Å². The van der Waals surface area contributed by atoms with E-state index in [2.05, 4.69) is 35.8 Å². The van der Waals surface area contributed by atoms with Crippen LogP contribution in [-0.4, -0.2) is 47.9 Å². The molecule has 0 aromatic heterocycles. The molecule has 3 rings (SSSR count). The summed E-state index contributed by atoms with van der Waals surface area (Å²) in [5.74, 6) is 1.37. The second-order valence-corrected chi connectivity index (χ2v) is 6.94. The fourth-order valence-electron chi connectivity index (χ4n) is 4.39. The fourth-order valence-corrected chi connectivity index (χ4v) is 4.39. The maximum atomic E-state index is 13.3. The van der Waals surface area contributed by atoms with E-state index in [0.717, 1.165) is 38.2 Å². The Hall–Kier alpha value is -1.10. The third-order valence-corrected chi connectivity index (χ3v) is 5.75. The summed E-state index contributed by atoms with van der Waals surface area (Å²) in [7, 11) is 0. The molecule has 4 nitrogen and oxygen atoms in total. The van der Waals surface area contributed by atoms with Gasteiger partial charge in [-0.05, 0) is 43.3 Å². The minimum atomic E-state index is -0.166. The van der Waals surface area contributed by atoms with E-state index in [-0.39, 0.29) is 30.4 Å². The zero-order valence-corrected chi connectivity index (χ0v) is 15.5. The molecule has 0 radical (unpaired) electrons. The summed E-state index contributed by atoms with van der Waals surface area (Å²) < 4.78 is 0. The quantitative estimate of drug-likeness (QED) is 0.887. The molecule has 0 bridgehead atoms. The second kappa shape index (κ2) is 8.32. The Bertz CT molecular complexity index is 535. The zero-order chi connectivity index (χ0) is 16.4. The van der Waals surface area contributed by atoms with Gasteiger partial charge in [-0.3, -0.25) is 9.69 Å². The first-order chi connectivity index (χ1) is 11.2. The fraction of sp³-hybridized carbons (Fsp3) is 0.632. The van der Waals surface area contributed by atoms with E-state index in [0.29, 0.717) is 11.8 Å². The Morgan fingerprint density at radius 3 is 2.46 bits per heavy atom. The van der Waals surface area contributed by atoms with Gasteiger partial charge in [-0.2, -0.15) is 0 Å². The van der Waals surface area contributed by atoms with Crippen LogP contribution in [0.15, 0.2) is 30.3 Å². The predicted molar refractivity (Wildman–Crippen MR) is 100 cm³/mol. The molecule has 1 aromatic rings. The lowest BCUT2D eigenvalue weighted by molar-refractivity contribution is -0.136. The highest BCUT2D eigenvalue weighted by molar-refractivity contribution is 5.85. The molecule has 0 spiro atoms. The molecule has 4 unspecified atom stereocenters. The number of hydrogen-bond acceptors (Lipinski definition) is 3. The Labute approximate surface area is 151 Å². The highest BCUT2D eigenvalue weighted by Crippen LogP contribution is 2.38. The zero-order valence-electron chi connectivity index (χ0n) is 14.7. The van der Waals surface area contributed by atoms with Crippen molar-refractivity contribution in [3.63, 3.8) is 0 Å². The van der Waals surface area contributed by atoms with Crippen LogP contribution in [0.3, 0.4) is 0 Å². The van der Waals surface area contributed by atoms with Gasteiger partial charge in [-0.15, -0.1) is 12.4 Å². The van der Waals surface area contributed by atoms with Gasteiger partial charge in [-0.1, -0.05) is 44.2 Å². The number of nitrogens with two attached hydrogens (primary N) is 1. The largest absolute Gasteiger partial charge is 0.340 e. The van der Waals surface area contributed by atoms with E-state index in [4.69, 9.17) is 5.73 Å². The predicted octanol–water partition coefficient (Wildman–Crippen LogP) is 2.69. The van der Waals surface area contributed by atoms with Gasteiger partial charge in [0.05, 0.1) is 0 Å². The number of likely N-dealkylation sites (tertiary alicyclic amines) is 1. The first-order valence-electron chi connectivity index (χ1n) is 8.99. The molecule has 1 aliphatic carbocycles. The van der Waals surface area contributed by atoms with Crippen LogP contribution in [0.2, 0.25) is 0 Å². The van der Waals surface area contributed by atoms with Crippen LogP contribution in [0.5, 0.6) is 0 Å². The van der Waals surface area contributed by atoms with Crippen LogP contribution in [0.4, 0.5) is 0 Å². The van der Waals surface area contributed by atoms with Crippen molar-refractivity contribution in [2.24, 2.45) is 17.6 Å². The maximum absolute atomic E-state index is 13.3. The number of carbonyl (C=O) groups excluding carboxylic acids is 1. The average Bonchev–Trinajstić information content (AvgIpc) is 3.15. The third-order valence-electron chi connectivity index (χ3n) is 5.75. The molecule has 1 aliphatic heterocycles. The number of halogens is 1. The average molecular weight is 352 g/mol. The van der Waals surface area contributed by atoms with Crippen molar-refractivity contribution in [3.8, 4) is 0 Å². The van der Waals surface area contributed by atoms with Gasteiger partial charge in [0.25, 0.3) is 0 Å². The van der Waals surface area contributed by atoms with Gasteiger partial charge >= 0.3 is 0 Å². The SMILES string of the molecule is CCN(CC)C(C(=O)N1CC2CCC(N)C2C1)c1ccccc1.Cl. The van der Waals surface area contributed by atoms with Crippen molar-refractivity contribution < 1.29 is 4.79 Å². The molecule has 1 amide bonds. The van der Waals surface area contributed by atoms with Gasteiger partial charge in [0.1, 0.15) is 6.04 Å². The van der Waals surface area contributed by atoms with Crippen LogP contribution in [0, 0.1) is 11.8 Å². The number of nitrogens with zero attached hydrogens (tertiary/aromatic N) is 2. The summed E-state index contributed by atoms with van der Waals surface area (Å²) >= 11 is 0. The molecule has 134 valence electrons. The lowest BCUT2D eigenvalue weighted by Gasteiger charge is -2.32. The van der Waals surface area contributed by atoms with Crippen LogP contribution in [-0.2, 0) is 4.79 Å². The Morgan fingerprint density at radius 2 is 1.88 bits per heavy atom. The molecule has 1 heterocycles. The minimum absolute atomic E-state index is 0. The van der Waals surface area contributed by atoms with Crippen LogP contribution in [0.25, 0.3) is 0 Å². The molecule has 2 fully saturated rings. The van der Waals surface area contributed by atoms with E-state index in [1.807, 2.05) is 18.2 Å². The van der Waals surface area contributed by atoms with Gasteiger partial charge in [0.15, 0.2) is 0 Å². The molecule has 1 saturated carbocycles. The summed E-state index contributed by atoms with van der Waals surface area (Å²) in [5, 5.41) is 0. The number of benzene rings is 1. The minimum Gasteiger partial charge on any atom is -0.340 e. The van der Waals surface area contributed by atoms with E-state index in [1.54, 1.807) is 0 Å². The highest BCUT2D eigenvalue weighted by atomic mass is 35.5. The molecule has 5 heteroatoms. The monoisotopic (exact) mass is 351 g/mol. The third kappa shape index (κ3) is 3.61.